The SMILES string of the molecule is Fc1ccccc1[SiH]1CCCCO1. The van der Waals surface area contributed by atoms with Gasteiger partial charge >= 0.3 is 0 Å². The maximum Gasteiger partial charge on any atom is 0.211 e. The van der Waals surface area contributed by atoms with Crippen molar-refractivity contribution in [2.24, 2.45) is 0 Å². The van der Waals surface area contributed by atoms with Crippen LogP contribution in [0, 0.1) is 5.82 Å². The summed E-state index contributed by atoms with van der Waals surface area (Å²) < 4.78 is 19.0. The van der Waals surface area contributed by atoms with Crippen molar-refractivity contribution in [3.8, 4) is 0 Å². The van der Waals surface area contributed by atoms with Crippen molar-refractivity contribution in [1.29, 1.82) is 0 Å². The molecule has 0 amide bonds. The van der Waals surface area contributed by atoms with Gasteiger partial charge in [0.25, 0.3) is 0 Å². The lowest BCUT2D eigenvalue weighted by Crippen LogP contribution is -2.38. The van der Waals surface area contributed by atoms with E-state index in [1.54, 1.807) is 6.07 Å². The summed E-state index contributed by atoms with van der Waals surface area (Å²) >= 11 is 0. The minimum atomic E-state index is -1.40. The first kappa shape index (κ1) is 8.90. The summed E-state index contributed by atoms with van der Waals surface area (Å²) in [5.41, 5.74) is 0. The maximum absolute atomic E-state index is 13.3. The van der Waals surface area contributed by atoms with Crippen LogP contribution in [0.4, 0.5) is 4.39 Å². The van der Waals surface area contributed by atoms with Gasteiger partial charge in [-0.25, -0.2) is 4.39 Å². The first-order chi connectivity index (χ1) is 6.38. The zero-order valence-corrected chi connectivity index (χ0v) is 8.66. The molecule has 1 aromatic rings. The van der Waals surface area contributed by atoms with Gasteiger partial charge in [0.05, 0.1) is 0 Å². The van der Waals surface area contributed by atoms with E-state index in [0.717, 1.165) is 24.3 Å². The Bertz CT molecular complexity index is 284. The third-order valence-electron chi connectivity index (χ3n) is 2.43. The van der Waals surface area contributed by atoms with E-state index in [4.69, 9.17) is 4.43 Å². The molecule has 0 N–H and O–H groups in total. The predicted molar refractivity (Wildman–Crippen MR) is 53.2 cm³/mol. The van der Waals surface area contributed by atoms with E-state index in [0.29, 0.717) is 0 Å². The minimum absolute atomic E-state index is 0.0823. The summed E-state index contributed by atoms with van der Waals surface area (Å²) in [7, 11) is -1.40. The fraction of sp³-hybridized carbons (Fsp3) is 0.400. The molecule has 2 rings (SSSR count). The molecule has 0 saturated carbocycles. The molecule has 1 heterocycles. The highest BCUT2D eigenvalue weighted by atomic mass is 28.3. The van der Waals surface area contributed by atoms with Gasteiger partial charge in [0, 0.05) is 11.8 Å². The third kappa shape index (κ3) is 1.98. The molecule has 13 heavy (non-hydrogen) atoms. The van der Waals surface area contributed by atoms with Gasteiger partial charge in [-0.2, -0.15) is 0 Å². The van der Waals surface area contributed by atoms with Gasteiger partial charge in [-0.1, -0.05) is 24.6 Å². The number of rotatable bonds is 1. The van der Waals surface area contributed by atoms with Crippen LogP contribution in [0.1, 0.15) is 12.8 Å². The fourth-order valence-corrected chi connectivity index (χ4v) is 4.22. The molecular formula is C10H13FOSi. The number of hydrogen-bond acceptors (Lipinski definition) is 1. The molecule has 1 aliphatic rings. The van der Waals surface area contributed by atoms with Crippen molar-refractivity contribution < 1.29 is 8.82 Å². The summed E-state index contributed by atoms with van der Waals surface area (Å²) in [6.07, 6.45) is 2.34. The van der Waals surface area contributed by atoms with E-state index >= 15 is 0 Å². The average Bonchev–Trinajstić information content (AvgIpc) is 2.20. The highest BCUT2D eigenvalue weighted by Gasteiger charge is 2.20. The average molecular weight is 196 g/mol. The number of benzene rings is 1. The highest BCUT2D eigenvalue weighted by molar-refractivity contribution is 6.67. The molecule has 1 atom stereocenters. The summed E-state index contributed by atoms with van der Waals surface area (Å²) in [6, 6.07) is 8.11. The van der Waals surface area contributed by atoms with Crippen LogP contribution < -0.4 is 5.19 Å². The Morgan fingerprint density at radius 2 is 2.08 bits per heavy atom. The van der Waals surface area contributed by atoms with Gasteiger partial charge in [-0.05, 0) is 18.5 Å². The number of hydrogen-bond donors (Lipinski definition) is 0. The van der Waals surface area contributed by atoms with Crippen LogP contribution in [0.25, 0.3) is 0 Å². The summed E-state index contributed by atoms with van der Waals surface area (Å²) in [5, 5.41) is 0.849. The molecule has 1 unspecified atom stereocenters. The van der Waals surface area contributed by atoms with Crippen LogP contribution in [-0.2, 0) is 4.43 Å². The zero-order chi connectivity index (χ0) is 9.10. The molecule has 1 saturated heterocycles. The monoisotopic (exact) mass is 196 g/mol. The van der Waals surface area contributed by atoms with Crippen LogP contribution >= 0.6 is 0 Å². The standard InChI is InChI=1S/C10H13FOSi/c11-9-5-1-2-6-10(9)13-8-4-3-7-12-13/h1-2,5-6,13H,3-4,7-8H2. The minimum Gasteiger partial charge on any atom is -0.415 e. The van der Waals surface area contributed by atoms with Crippen molar-refractivity contribution in [1.82, 2.24) is 0 Å². The Balaban J connectivity index is 2.18. The molecule has 1 fully saturated rings. The van der Waals surface area contributed by atoms with Crippen molar-refractivity contribution in [2.75, 3.05) is 6.61 Å². The second-order valence-electron chi connectivity index (χ2n) is 3.38. The molecule has 0 aliphatic carbocycles. The zero-order valence-electron chi connectivity index (χ0n) is 7.50. The van der Waals surface area contributed by atoms with E-state index in [-0.39, 0.29) is 5.82 Å². The fourth-order valence-electron chi connectivity index (χ4n) is 1.72. The number of halogens is 1. The van der Waals surface area contributed by atoms with Crippen molar-refractivity contribution in [2.45, 2.75) is 18.9 Å². The van der Waals surface area contributed by atoms with Crippen LogP contribution in [0.2, 0.25) is 6.04 Å². The summed E-state index contributed by atoms with van der Waals surface area (Å²) in [5.74, 6) is -0.0823. The smallest absolute Gasteiger partial charge is 0.211 e. The Morgan fingerprint density at radius 3 is 2.77 bits per heavy atom. The second-order valence-corrected chi connectivity index (χ2v) is 5.89. The molecule has 0 radical (unpaired) electrons. The summed E-state index contributed by atoms with van der Waals surface area (Å²) in [4.78, 5) is 0. The Hall–Kier alpha value is -0.673. The molecule has 0 bridgehead atoms. The summed E-state index contributed by atoms with van der Waals surface area (Å²) in [6.45, 7) is 0.825. The highest BCUT2D eigenvalue weighted by Crippen LogP contribution is 2.11. The predicted octanol–water partition coefficient (Wildman–Crippen LogP) is 1.57. The van der Waals surface area contributed by atoms with Crippen molar-refractivity contribution in [3.63, 3.8) is 0 Å². The molecule has 0 aromatic heterocycles. The molecule has 1 aliphatic heterocycles. The molecule has 70 valence electrons. The van der Waals surface area contributed by atoms with E-state index in [9.17, 15) is 4.39 Å². The normalized spacial score (nSPS) is 23.0. The van der Waals surface area contributed by atoms with Gasteiger partial charge in [-0.3, -0.25) is 0 Å². The Labute approximate surface area is 79.3 Å². The third-order valence-corrected chi connectivity index (χ3v) is 5.16. The van der Waals surface area contributed by atoms with E-state index in [2.05, 4.69) is 0 Å². The lowest BCUT2D eigenvalue weighted by Gasteiger charge is -2.21. The second kappa shape index (κ2) is 4.02. The lowest BCUT2D eigenvalue weighted by molar-refractivity contribution is 0.294. The van der Waals surface area contributed by atoms with E-state index < -0.39 is 9.04 Å². The largest absolute Gasteiger partial charge is 0.415 e. The van der Waals surface area contributed by atoms with E-state index in [1.807, 2.05) is 12.1 Å². The van der Waals surface area contributed by atoms with Gasteiger partial charge in [0.2, 0.25) is 9.04 Å². The van der Waals surface area contributed by atoms with Crippen LogP contribution in [0.3, 0.4) is 0 Å². The lowest BCUT2D eigenvalue weighted by atomic mass is 10.3. The van der Waals surface area contributed by atoms with Gasteiger partial charge < -0.3 is 4.43 Å². The Kier molecular flexibility index (Phi) is 2.76. The van der Waals surface area contributed by atoms with Crippen molar-refractivity contribution >= 4 is 14.2 Å². The van der Waals surface area contributed by atoms with Crippen LogP contribution in [0.5, 0.6) is 0 Å². The van der Waals surface area contributed by atoms with Gasteiger partial charge in [0.15, 0.2) is 0 Å². The molecular weight excluding hydrogens is 183 g/mol. The molecule has 0 spiro atoms. The van der Waals surface area contributed by atoms with E-state index in [1.165, 1.54) is 12.5 Å². The Morgan fingerprint density at radius 1 is 1.23 bits per heavy atom. The molecule has 1 nitrogen and oxygen atoms in total. The van der Waals surface area contributed by atoms with Gasteiger partial charge in [0.1, 0.15) is 5.82 Å². The quantitative estimate of drug-likeness (QED) is 0.619. The molecule has 1 aromatic carbocycles. The first-order valence-electron chi connectivity index (χ1n) is 4.74. The van der Waals surface area contributed by atoms with Gasteiger partial charge in [-0.15, -0.1) is 0 Å². The topological polar surface area (TPSA) is 9.23 Å². The van der Waals surface area contributed by atoms with Crippen molar-refractivity contribution in [3.05, 3.63) is 30.1 Å². The molecule has 3 heteroatoms. The van der Waals surface area contributed by atoms with Crippen LogP contribution in [-0.4, -0.2) is 15.6 Å². The first-order valence-corrected chi connectivity index (χ1v) is 6.60. The maximum atomic E-state index is 13.3. The van der Waals surface area contributed by atoms with Crippen LogP contribution in [0.15, 0.2) is 24.3 Å².